The highest BCUT2D eigenvalue weighted by molar-refractivity contribution is 6.30. The number of carbonyl (C=O) groups excluding carboxylic acids is 1. The van der Waals surface area contributed by atoms with Crippen molar-refractivity contribution in [2.45, 2.75) is 26.3 Å². The zero-order valence-corrected chi connectivity index (χ0v) is 20.1. The number of rotatable bonds is 8. The highest BCUT2D eigenvalue weighted by Crippen LogP contribution is 2.22. The van der Waals surface area contributed by atoms with Gasteiger partial charge in [-0.1, -0.05) is 17.7 Å². The number of anilines is 1. The highest BCUT2D eigenvalue weighted by Gasteiger charge is 2.21. The zero-order valence-electron chi connectivity index (χ0n) is 19.3. The molecule has 34 heavy (non-hydrogen) atoms. The second-order valence-electron chi connectivity index (χ2n) is 8.19. The van der Waals surface area contributed by atoms with Crippen molar-refractivity contribution in [2.75, 3.05) is 37.7 Å². The largest absolute Gasteiger partial charge is 0.494 e. The fourth-order valence-corrected chi connectivity index (χ4v) is 4.26. The van der Waals surface area contributed by atoms with Gasteiger partial charge < -0.3 is 14.5 Å². The molecule has 7 nitrogen and oxygen atoms in total. The van der Waals surface area contributed by atoms with E-state index in [4.69, 9.17) is 16.3 Å². The summed E-state index contributed by atoms with van der Waals surface area (Å²) in [4.78, 5) is 29.1. The summed E-state index contributed by atoms with van der Waals surface area (Å²) in [6, 6.07) is 18.7. The molecule has 0 N–H and O–H groups in total. The van der Waals surface area contributed by atoms with E-state index in [9.17, 15) is 9.59 Å². The maximum Gasteiger partial charge on any atom is 0.266 e. The third-order valence-electron chi connectivity index (χ3n) is 5.89. The van der Waals surface area contributed by atoms with Crippen LogP contribution in [0.1, 0.15) is 19.8 Å². The summed E-state index contributed by atoms with van der Waals surface area (Å²) in [6.45, 7) is 5.86. The maximum atomic E-state index is 12.7. The van der Waals surface area contributed by atoms with Crippen LogP contribution in [-0.2, 0) is 11.3 Å². The first kappa shape index (κ1) is 23.8. The van der Waals surface area contributed by atoms with Gasteiger partial charge in [0.15, 0.2) is 0 Å². The lowest BCUT2D eigenvalue weighted by Gasteiger charge is -2.36. The van der Waals surface area contributed by atoms with Crippen LogP contribution < -0.4 is 15.2 Å². The van der Waals surface area contributed by atoms with E-state index in [1.165, 1.54) is 10.7 Å². The Hall–Kier alpha value is -3.32. The number of benzene rings is 2. The van der Waals surface area contributed by atoms with Crippen LogP contribution in [0.15, 0.2) is 65.5 Å². The molecule has 0 atom stereocenters. The number of aromatic nitrogens is 2. The summed E-state index contributed by atoms with van der Waals surface area (Å²) in [5, 5.41) is 5.21. The topological polar surface area (TPSA) is 67.7 Å². The zero-order chi connectivity index (χ0) is 23.9. The molecule has 0 bridgehead atoms. The lowest BCUT2D eigenvalue weighted by atomic mass is 10.1. The van der Waals surface area contributed by atoms with Gasteiger partial charge in [-0.2, -0.15) is 5.10 Å². The van der Waals surface area contributed by atoms with Crippen LogP contribution >= 0.6 is 11.6 Å². The molecule has 0 aliphatic carbocycles. The third kappa shape index (κ3) is 5.97. The first-order chi connectivity index (χ1) is 16.5. The molecule has 1 aliphatic heterocycles. The Bertz CT molecular complexity index is 1170. The molecule has 2 aromatic carbocycles. The smallest absolute Gasteiger partial charge is 0.266 e. The number of hydrogen-bond acceptors (Lipinski definition) is 5. The molecule has 8 heteroatoms. The van der Waals surface area contributed by atoms with Crippen molar-refractivity contribution in [1.29, 1.82) is 0 Å². The Morgan fingerprint density at radius 3 is 2.50 bits per heavy atom. The molecule has 0 saturated carbocycles. The Morgan fingerprint density at radius 1 is 1.03 bits per heavy atom. The van der Waals surface area contributed by atoms with E-state index in [2.05, 4.69) is 10.00 Å². The molecule has 4 rings (SSSR count). The molecule has 3 aromatic rings. The van der Waals surface area contributed by atoms with E-state index >= 15 is 0 Å². The van der Waals surface area contributed by atoms with Gasteiger partial charge >= 0.3 is 0 Å². The van der Waals surface area contributed by atoms with Crippen molar-refractivity contribution >= 4 is 23.2 Å². The van der Waals surface area contributed by atoms with Gasteiger partial charge in [-0.25, -0.2) is 4.68 Å². The van der Waals surface area contributed by atoms with Crippen LogP contribution in [0.5, 0.6) is 5.75 Å². The number of aryl methyl sites for hydroxylation is 1. The lowest BCUT2D eigenvalue weighted by molar-refractivity contribution is -0.131. The minimum Gasteiger partial charge on any atom is -0.494 e. The fourth-order valence-electron chi connectivity index (χ4n) is 4.08. The molecule has 0 radical (unpaired) electrons. The second kappa shape index (κ2) is 11.2. The van der Waals surface area contributed by atoms with E-state index in [0.29, 0.717) is 49.8 Å². The summed E-state index contributed by atoms with van der Waals surface area (Å²) in [7, 11) is 0. The first-order valence-electron chi connectivity index (χ1n) is 11.6. The number of carbonyl (C=O) groups is 1. The van der Waals surface area contributed by atoms with Gasteiger partial charge in [0.25, 0.3) is 5.56 Å². The number of amides is 1. The number of hydrogen-bond donors (Lipinski definition) is 0. The van der Waals surface area contributed by atoms with E-state index in [1.54, 1.807) is 6.07 Å². The Kier molecular flexibility index (Phi) is 7.85. The van der Waals surface area contributed by atoms with Crippen molar-refractivity contribution in [2.24, 2.45) is 0 Å². The molecule has 1 saturated heterocycles. The van der Waals surface area contributed by atoms with Gasteiger partial charge in [0.1, 0.15) is 5.75 Å². The van der Waals surface area contributed by atoms with Crippen LogP contribution in [-0.4, -0.2) is 53.4 Å². The summed E-state index contributed by atoms with van der Waals surface area (Å²) in [5.41, 5.74) is 2.53. The SMILES string of the molecule is CCOc1ccc(-c2ccc(=O)n(CCCC(=O)N3CCN(c4cccc(Cl)c4)CC3)n2)cc1. The molecule has 1 aliphatic rings. The highest BCUT2D eigenvalue weighted by atomic mass is 35.5. The monoisotopic (exact) mass is 480 g/mol. The van der Waals surface area contributed by atoms with Gasteiger partial charge in [0.2, 0.25) is 5.91 Å². The van der Waals surface area contributed by atoms with Crippen molar-refractivity contribution in [3.8, 4) is 17.0 Å². The molecule has 1 fully saturated rings. The Balaban J connectivity index is 1.29. The predicted molar refractivity (Wildman–Crippen MR) is 135 cm³/mol. The molecule has 0 spiro atoms. The average molecular weight is 481 g/mol. The molecular formula is C26H29ClN4O3. The van der Waals surface area contributed by atoms with E-state index < -0.39 is 0 Å². The van der Waals surface area contributed by atoms with Crippen molar-refractivity contribution in [3.05, 3.63) is 76.0 Å². The van der Waals surface area contributed by atoms with Crippen LogP contribution in [0.2, 0.25) is 5.02 Å². The normalized spacial score (nSPS) is 13.7. The Labute approximate surface area is 204 Å². The van der Waals surface area contributed by atoms with E-state index in [-0.39, 0.29) is 11.5 Å². The van der Waals surface area contributed by atoms with Crippen LogP contribution in [0.3, 0.4) is 0 Å². The average Bonchev–Trinajstić information content (AvgIpc) is 2.86. The first-order valence-corrected chi connectivity index (χ1v) is 12.0. The molecular weight excluding hydrogens is 452 g/mol. The van der Waals surface area contributed by atoms with Gasteiger partial charge in [-0.3, -0.25) is 9.59 Å². The van der Waals surface area contributed by atoms with Crippen molar-refractivity contribution < 1.29 is 9.53 Å². The number of ether oxygens (including phenoxy) is 1. The van der Waals surface area contributed by atoms with Crippen LogP contribution in [0, 0.1) is 0 Å². The minimum atomic E-state index is -0.169. The maximum absolute atomic E-state index is 12.7. The van der Waals surface area contributed by atoms with Gasteiger partial charge in [0.05, 0.1) is 12.3 Å². The number of nitrogens with zero attached hydrogens (tertiary/aromatic N) is 4. The van der Waals surface area contributed by atoms with E-state index in [1.807, 2.05) is 60.4 Å². The lowest BCUT2D eigenvalue weighted by Crippen LogP contribution is -2.48. The van der Waals surface area contributed by atoms with E-state index in [0.717, 1.165) is 30.1 Å². The van der Waals surface area contributed by atoms with Crippen LogP contribution in [0.4, 0.5) is 5.69 Å². The van der Waals surface area contributed by atoms with Crippen LogP contribution in [0.25, 0.3) is 11.3 Å². The molecule has 2 heterocycles. The molecule has 178 valence electrons. The molecule has 0 unspecified atom stereocenters. The van der Waals surface area contributed by atoms with Gasteiger partial charge in [-0.05, 0) is 61.9 Å². The molecule has 1 amide bonds. The molecule has 1 aromatic heterocycles. The van der Waals surface area contributed by atoms with Gasteiger partial charge in [0, 0.05) is 61.5 Å². The number of piperazine rings is 1. The summed E-state index contributed by atoms with van der Waals surface area (Å²) in [6.07, 6.45) is 0.950. The predicted octanol–water partition coefficient (Wildman–Crippen LogP) is 4.09. The summed E-state index contributed by atoms with van der Waals surface area (Å²) >= 11 is 6.10. The summed E-state index contributed by atoms with van der Waals surface area (Å²) in [5.74, 6) is 0.910. The number of halogens is 1. The quantitative estimate of drug-likeness (QED) is 0.485. The van der Waals surface area contributed by atoms with Gasteiger partial charge in [-0.15, -0.1) is 0 Å². The minimum absolute atomic E-state index is 0.112. The third-order valence-corrected chi connectivity index (χ3v) is 6.13. The Morgan fingerprint density at radius 2 is 1.79 bits per heavy atom. The van der Waals surface area contributed by atoms with Crippen molar-refractivity contribution in [3.63, 3.8) is 0 Å². The summed E-state index contributed by atoms with van der Waals surface area (Å²) < 4.78 is 6.92. The standard InChI is InChI=1S/C26H29ClN4O3/c1-2-34-23-10-8-20(9-11-23)24-12-13-26(33)31(28-24)14-4-7-25(32)30-17-15-29(16-18-30)22-6-3-5-21(27)19-22/h3,5-6,8-13,19H,2,4,7,14-18H2,1H3. The van der Waals surface area contributed by atoms with Crippen molar-refractivity contribution in [1.82, 2.24) is 14.7 Å². The fraction of sp³-hybridized carbons (Fsp3) is 0.346. The second-order valence-corrected chi connectivity index (χ2v) is 8.63.